The number of fused-ring (bicyclic) bond motifs is 1. The number of nitrogens with zero attached hydrogens (tertiary/aromatic N) is 2. The van der Waals surface area contributed by atoms with Gasteiger partial charge in [-0.1, -0.05) is 53.5 Å². The Bertz CT molecular complexity index is 1750. The average Bonchev–Trinajstić information content (AvgIpc) is 3.48. The van der Waals surface area contributed by atoms with Crippen LogP contribution in [-0.4, -0.2) is 26.7 Å². The summed E-state index contributed by atoms with van der Waals surface area (Å²) in [6.07, 6.45) is 4.02. The Labute approximate surface area is 246 Å². The van der Waals surface area contributed by atoms with Crippen LogP contribution in [0.3, 0.4) is 0 Å². The van der Waals surface area contributed by atoms with E-state index in [1.807, 2.05) is 62.4 Å². The van der Waals surface area contributed by atoms with Crippen LogP contribution in [0.5, 0.6) is 5.88 Å². The van der Waals surface area contributed by atoms with E-state index in [0.29, 0.717) is 33.6 Å². The van der Waals surface area contributed by atoms with E-state index in [4.69, 9.17) is 32.9 Å². The highest BCUT2D eigenvalue weighted by Gasteiger charge is 2.37. The summed E-state index contributed by atoms with van der Waals surface area (Å²) in [4.78, 5) is 18.2. The lowest BCUT2D eigenvalue weighted by Crippen LogP contribution is -2.41. The fraction of sp³-hybridized carbons (Fsp3) is 0.156. The molecule has 1 aliphatic heterocycles. The molecule has 0 radical (unpaired) electrons. The summed E-state index contributed by atoms with van der Waals surface area (Å²) in [5, 5.41) is 11.0. The van der Waals surface area contributed by atoms with Crippen LogP contribution in [0.1, 0.15) is 42.2 Å². The van der Waals surface area contributed by atoms with Crippen LogP contribution in [0, 0.1) is 5.82 Å². The van der Waals surface area contributed by atoms with Gasteiger partial charge in [0.25, 0.3) is 5.91 Å². The lowest BCUT2D eigenvalue weighted by molar-refractivity contribution is 0.0572. The van der Waals surface area contributed by atoms with Crippen molar-refractivity contribution in [2.45, 2.75) is 31.9 Å². The van der Waals surface area contributed by atoms with Crippen molar-refractivity contribution >= 4 is 29.1 Å². The zero-order valence-corrected chi connectivity index (χ0v) is 23.7. The number of H-pyrrole nitrogens is 1. The van der Waals surface area contributed by atoms with Crippen molar-refractivity contribution in [3.05, 3.63) is 112 Å². The average molecular weight is 587 g/mol. The van der Waals surface area contributed by atoms with Crippen LogP contribution >= 0.6 is 23.2 Å². The van der Waals surface area contributed by atoms with Gasteiger partial charge >= 0.3 is 0 Å². The number of aromatic amines is 1. The largest absolute Gasteiger partial charge is 0.471 e. The van der Waals surface area contributed by atoms with E-state index < -0.39 is 17.5 Å². The molecule has 206 valence electrons. The molecule has 0 aliphatic carbocycles. The zero-order chi connectivity index (χ0) is 28.7. The van der Waals surface area contributed by atoms with Gasteiger partial charge in [-0.25, -0.2) is 9.37 Å². The quantitative estimate of drug-likeness (QED) is 0.217. The van der Waals surface area contributed by atoms with E-state index in [9.17, 15) is 9.18 Å². The molecule has 0 unspecified atom stereocenters. The highest BCUT2D eigenvalue weighted by Crippen LogP contribution is 2.45. The number of ether oxygens (including phenoxy) is 1. The van der Waals surface area contributed by atoms with Gasteiger partial charge in [0.05, 0.1) is 23.0 Å². The van der Waals surface area contributed by atoms with Gasteiger partial charge < -0.3 is 10.1 Å². The van der Waals surface area contributed by atoms with Gasteiger partial charge in [-0.2, -0.15) is 5.10 Å². The molecule has 3 heterocycles. The summed E-state index contributed by atoms with van der Waals surface area (Å²) in [6.45, 7) is 3.89. The summed E-state index contributed by atoms with van der Waals surface area (Å²) in [7, 11) is 0. The molecule has 5 aromatic rings. The number of benzene rings is 3. The zero-order valence-electron chi connectivity index (χ0n) is 22.2. The topological polar surface area (TPSA) is 79.9 Å². The van der Waals surface area contributed by atoms with E-state index in [2.05, 4.69) is 15.5 Å². The van der Waals surface area contributed by atoms with E-state index in [-0.39, 0.29) is 11.5 Å². The molecule has 9 heteroatoms. The Hall–Kier alpha value is -4.20. The Kier molecular flexibility index (Phi) is 7.01. The van der Waals surface area contributed by atoms with Crippen LogP contribution in [-0.2, 0) is 0 Å². The Morgan fingerprint density at radius 2 is 1.78 bits per heavy atom. The van der Waals surface area contributed by atoms with Crippen LogP contribution in [0.2, 0.25) is 10.0 Å². The molecule has 1 aliphatic rings. The molecule has 6 nitrogen and oxygen atoms in total. The maximum Gasteiger partial charge on any atom is 0.251 e. The summed E-state index contributed by atoms with van der Waals surface area (Å²) in [6, 6.07) is 20.4. The van der Waals surface area contributed by atoms with Gasteiger partial charge in [0.15, 0.2) is 0 Å². The van der Waals surface area contributed by atoms with Gasteiger partial charge in [0, 0.05) is 45.5 Å². The molecule has 2 aromatic heterocycles. The van der Waals surface area contributed by atoms with Crippen molar-refractivity contribution in [3.63, 3.8) is 0 Å². The minimum absolute atomic E-state index is 0.239. The summed E-state index contributed by atoms with van der Waals surface area (Å²) < 4.78 is 20.2. The molecule has 3 aromatic carbocycles. The number of pyridine rings is 1. The molecule has 0 fully saturated rings. The molecule has 0 saturated carbocycles. The highest BCUT2D eigenvalue weighted by atomic mass is 35.5. The maximum atomic E-state index is 13.8. The van der Waals surface area contributed by atoms with Crippen LogP contribution < -0.4 is 10.1 Å². The fourth-order valence-corrected chi connectivity index (χ4v) is 5.49. The van der Waals surface area contributed by atoms with E-state index in [0.717, 1.165) is 27.8 Å². The summed E-state index contributed by atoms with van der Waals surface area (Å²) in [5.41, 5.74) is 5.17. The molecule has 6 rings (SSSR count). The number of rotatable bonds is 5. The number of carbonyl (C=O) groups excluding carboxylic acids is 1. The van der Waals surface area contributed by atoms with Crippen LogP contribution in [0.4, 0.5) is 4.39 Å². The van der Waals surface area contributed by atoms with E-state index in [1.54, 1.807) is 18.5 Å². The van der Waals surface area contributed by atoms with Gasteiger partial charge in [0.1, 0.15) is 11.4 Å². The van der Waals surface area contributed by atoms with Crippen molar-refractivity contribution in [3.8, 4) is 39.4 Å². The molecular formula is C32H25Cl2FN4O2. The second-order valence-corrected chi connectivity index (χ2v) is 11.4. The Morgan fingerprint density at radius 3 is 2.49 bits per heavy atom. The summed E-state index contributed by atoms with van der Waals surface area (Å²) >= 11 is 13.1. The molecule has 0 bridgehead atoms. The summed E-state index contributed by atoms with van der Waals surface area (Å²) in [5.74, 6) is -0.459. The molecule has 1 amide bonds. The highest BCUT2D eigenvalue weighted by molar-refractivity contribution is 6.33. The van der Waals surface area contributed by atoms with Gasteiger partial charge in [-0.15, -0.1) is 0 Å². The number of carbonyl (C=O) groups is 1. The first-order valence-electron chi connectivity index (χ1n) is 13.0. The maximum absolute atomic E-state index is 13.8. The Morgan fingerprint density at radius 1 is 1.00 bits per heavy atom. The van der Waals surface area contributed by atoms with Crippen molar-refractivity contribution in [1.29, 1.82) is 0 Å². The number of halogens is 3. The number of amides is 1. The standard InChI is InChI=1S/C32H25Cl2FN4O2/c1-32(2)15-28(38-30(40)20-4-3-5-23(35)12-20)26-14-25(18-6-9-22(33)10-7-18)29(39-31(26)41-32)24-11-8-19(13-27(24)34)21-16-36-37-17-21/h3-14,16-17,28H,15H2,1-2H3,(H,36,37)(H,38,40)/t28-/m1/s1. The molecule has 0 saturated heterocycles. The third kappa shape index (κ3) is 5.56. The fourth-order valence-electron chi connectivity index (χ4n) is 5.10. The number of hydrogen-bond acceptors (Lipinski definition) is 4. The predicted octanol–water partition coefficient (Wildman–Crippen LogP) is 8.28. The van der Waals surface area contributed by atoms with Crippen molar-refractivity contribution in [2.24, 2.45) is 0 Å². The molecule has 0 spiro atoms. The van der Waals surface area contributed by atoms with Crippen LogP contribution in [0.25, 0.3) is 33.5 Å². The van der Waals surface area contributed by atoms with Crippen LogP contribution in [0.15, 0.2) is 85.2 Å². The second kappa shape index (κ2) is 10.7. The van der Waals surface area contributed by atoms with Crippen molar-refractivity contribution < 1.29 is 13.9 Å². The first kappa shape index (κ1) is 27.0. The van der Waals surface area contributed by atoms with Gasteiger partial charge in [-0.3, -0.25) is 9.89 Å². The van der Waals surface area contributed by atoms with Gasteiger partial charge in [0.2, 0.25) is 5.88 Å². The number of aromatic nitrogens is 3. The molecule has 2 N–H and O–H groups in total. The molecular weight excluding hydrogens is 562 g/mol. The minimum atomic E-state index is -0.631. The minimum Gasteiger partial charge on any atom is -0.471 e. The molecule has 1 atom stereocenters. The first-order chi connectivity index (χ1) is 19.7. The first-order valence-corrected chi connectivity index (χ1v) is 13.8. The molecule has 41 heavy (non-hydrogen) atoms. The third-order valence-electron chi connectivity index (χ3n) is 7.06. The lowest BCUT2D eigenvalue weighted by atomic mass is 9.88. The van der Waals surface area contributed by atoms with Crippen molar-refractivity contribution in [1.82, 2.24) is 20.5 Å². The van der Waals surface area contributed by atoms with Gasteiger partial charge in [-0.05, 0) is 67.4 Å². The third-order valence-corrected chi connectivity index (χ3v) is 7.63. The second-order valence-electron chi connectivity index (χ2n) is 10.6. The van der Waals surface area contributed by atoms with E-state index in [1.165, 1.54) is 18.2 Å². The Balaban J connectivity index is 1.48. The SMILES string of the molecule is CC1(C)C[C@@H](NC(=O)c2cccc(F)c2)c2cc(-c3ccc(Cl)cc3)c(-c3ccc(-c4cn[nH]c4)cc3Cl)nc2O1. The number of nitrogens with one attached hydrogen (secondary N) is 2. The smallest absolute Gasteiger partial charge is 0.251 e. The lowest BCUT2D eigenvalue weighted by Gasteiger charge is -2.37. The van der Waals surface area contributed by atoms with Crippen molar-refractivity contribution in [2.75, 3.05) is 0 Å². The van der Waals surface area contributed by atoms with E-state index >= 15 is 0 Å². The number of hydrogen-bond donors (Lipinski definition) is 2. The predicted molar refractivity (Wildman–Crippen MR) is 159 cm³/mol. The monoisotopic (exact) mass is 586 g/mol. The normalized spacial score (nSPS) is 15.6.